The van der Waals surface area contributed by atoms with Crippen molar-refractivity contribution in [3.8, 4) is 0 Å². The molecule has 0 radical (unpaired) electrons. The summed E-state index contributed by atoms with van der Waals surface area (Å²) in [6, 6.07) is 0. The first-order valence-corrected chi connectivity index (χ1v) is 5.31. The molecular weight excluding hydrogens is 176 g/mol. The Balaban J connectivity index is 3.64. The molecule has 0 aliphatic rings. The summed E-state index contributed by atoms with van der Waals surface area (Å²) in [5.74, 6) is 1.03. The highest BCUT2D eigenvalue weighted by atomic mass is 16.5. The van der Waals surface area contributed by atoms with Crippen LogP contribution in [0.1, 0.15) is 40.5 Å². The van der Waals surface area contributed by atoms with Gasteiger partial charge in [0.05, 0.1) is 6.61 Å². The Labute approximate surface area is 87.3 Å². The van der Waals surface area contributed by atoms with Crippen LogP contribution in [0.15, 0.2) is 12.2 Å². The van der Waals surface area contributed by atoms with Gasteiger partial charge in [0.25, 0.3) is 0 Å². The van der Waals surface area contributed by atoms with E-state index < -0.39 is 0 Å². The van der Waals surface area contributed by atoms with Gasteiger partial charge in [-0.25, -0.2) is 4.79 Å². The fourth-order valence-electron chi connectivity index (χ4n) is 1.15. The molecule has 0 N–H and O–H groups in total. The predicted molar refractivity (Wildman–Crippen MR) is 59.0 cm³/mol. The molecule has 0 amide bonds. The molecule has 0 fully saturated rings. The van der Waals surface area contributed by atoms with E-state index in [1.807, 2.05) is 0 Å². The van der Waals surface area contributed by atoms with Crippen molar-refractivity contribution in [3.63, 3.8) is 0 Å². The van der Waals surface area contributed by atoms with E-state index in [0.29, 0.717) is 24.0 Å². The van der Waals surface area contributed by atoms with Crippen molar-refractivity contribution in [2.45, 2.75) is 40.5 Å². The summed E-state index contributed by atoms with van der Waals surface area (Å²) < 4.78 is 5.03. The van der Waals surface area contributed by atoms with Gasteiger partial charge in [0.15, 0.2) is 0 Å². The maximum atomic E-state index is 11.0. The highest BCUT2D eigenvalue weighted by Crippen LogP contribution is 2.17. The molecule has 0 bridgehead atoms. The van der Waals surface area contributed by atoms with Gasteiger partial charge in [-0.2, -0.15) is 0 Å². The first-order chi connectivity index (χ1) is 6.49. The molecule has 0 saturated heterocycles. The van der Waals surface area contributed by atoms with Gasteiger partial charge in [0.2, 0.25) is 0 Å². The SMILES string of the molecule is C=C(C)C(=O)OCCC(C)C(C)CC. The van der Waals surface area contributed by atoms with Crippen LogP contribution in [0.5, 0.6) is 0 Å². The Morgan fingerprint density at radius 2 is 1.93 bits per heavy atom. The van der Waals surface area contributed by atoms with E-state index in [1.165, 1.54) is 6.42 Å². The Morgan fingerprint density at radius 3 is 2.36 bits per heavy atom. The zero-order valence-electron chi connectivity index (χ0n) is 9.80. The van der Waals surface area contributed by atoms with Gasteiger partial charge in [-0.1, -0.05) is 33.8 Å². The zero-order valence-corrected chi connectivity index (χ0v) is 9.80. The Kier molecular flexibility index (Phi) is 6.26. The molecule has 2 unspecified atom stereocenters. The molecule has 2 heteroatoms. The van der Waals surface area contributed by atoms with Gasteiger partial charge in [-0.15, -0.1) is 0 Å². The topological polar surface area (TPSA) is 26.3 Å². The molecule has 0 rings (SSSR count). The molecule has 0 aliphatic carbocycles. The van der Waals surface area contributed by atoms with Crippen LogP contribution in [-0.4, -0.2) is 12.6 Å². The number of hydrogen-bond acceptors (Lipinski definition) is 2. The quantitative estimate of drug-likeness (QED) is 0.484. The summed E-state index contributed by atoms with van der Waals surface area (Å²) in [7, 11) is 0. The summed E-state index contributed by atoms with van der Waals surface area (Å²) in [6.45, 7) is 12.3. The number of carbonyl (C=O) groups excluding carboxylic acids is 1. The molecule has 0 heterocycles. The van der Waals surface area contributed by atoms with Gasteiger partial charge >= 0.3 is 5.97 Å². The Hall–Kier alpha value is -0.790. The van der Waals surface area contributed by atoms with Crippen LogP contribution in [-0.2, 0) is 9.53 Å². The molecule has 0 aliphatic heterocycles. The van der Waals surface area contributed by atoms with E-state index in [9.17, 15) is 4.79 Å². The molecule has 14 heavy (non-hydrogen) atoms. The summed E-state index contributed by atoms with van der Waals surface area (Å²) in [5.41, 5.74) is 0.473. The summed E-state index contributed by atoms with van der Waals surface area (Å²) >= 11 is 0. The molecule has 0 aromatic carbocycles. The molecular formula is C12H22O2. The van der Waals surface area contributed by atoms with Gasteiger partial charge in [-0.05, 0) is 25.2 Å². The van der Waals surface area contributed by atoms with E-state index in [2.05, 4.69) is 27.4 Å². The molecule has 82 valence electrons. The first-order valence-electron chi connectivity index (χ1n) is 5.31. The Bertz CT molecular complexity index is 196. The molecule has 0 spiro atoms. The lowest BCUT2D eigenvalue weighted by Gasteiger charge is -2.17. The van der Waals surface area contributed by atoms with Gasteiger partial charge in [-0.3, -0.25) is 0 Å². The van der Waals surface area contributed by atoms with Crippen LogP contribution in [0.2, 0.25) is 0 Å². The van der Waals surface area contributed by atoms with Gasteiger partial charge in [0, 0.05) is 5.57 Å². The molecule has 2 nitrogen and oxygen atoms in total. The second-order valence-electron chi connectivity index (χ2n) is 4.07. The van der Waals surface area contributed by atoms with Crippen LogP contribution < -0.4 is 0 Å². The average molecular weight is 198 g/mol. The van der Waals surface area contributed by atoms with E-state index in [4.69, 9.17) is 4.74 Å². The van der Waals surface area contributed by atoms with Crippen molar-refractivity contribution >= 4 is 5.97 Å². The third-order valence-corrected chi connectivity index (χ3v) is 2.77. The minimum absolute atomic E-state index is 0.277. The predicted octanol–water partition coefficient (Wildman–Crippen LogP) is 3.18. The van der Waals surface area contributed by atoms with E-state index in [1.54, 1.807) is 6.92 Å². The van der Waals surface area contributed by atoms with Crippen LogP contribution >= 0.6 is 0 Å². The number of carbonyl (C=O) groups is 1. The maximum Gasteiger partial charge on any atom is 0.333 e. The minimum atomic E-state index is -0.277. The van der Waals surface area contributed by atoms with Crippen molar-refractivity contribution in [2.75, 3.05) is 6.61 Å². The van der Waals surface area contributed by atoms with Crippen molar-refractivity contribution in [2.24, 2.45) is 11.8 Å². The normalized spacial score (nSPS) is 14.6. The lowest BCUT2D eigenvalue weighted by molar-refractivity contribution is -0.139. The van der Waals surface area contributed by atoms with Crippen molar-refractivity contribution in [1.82, 2.24) is 0 Å². The Morgan fingerprint density at radius 1 is 1.36 bits per heavy atom. The number of rotatable bonds is 6. The third kappa shape index (κ3) is 5.05. The minimum Gasteiger partial charge on any atom is -0.462 e. The summed E-state index contributed by atoms with van der Waals surface area (Å²) in [4.78, 5) is 11.0. The number of ether oxygens (including phenoxy) is 1. The van der Waals surface area contributed by atoms with Crippen molar-refractivity contribution < 1.29 is 9.53 Å². The highest BCUT2D eigenvalue weighted by Gasteiger charge is 2.11. The third-order valence-electron chi connectivity index (χ3n) is 2.77. The number of esters is 1. The van der Waals surface area contributed by atoms with Crippen LogP contribution in [0, 0.1) is 11.8 Å². The van der Waals surface area contributed by atoms with Gasteiger partial charge < -0.3 is 4.74 Å². The lowest BCUT2D eigenvalue weighted by atomic mass is 9.91. The van der Waals surface area contributed by atoms with E-state index in [0.717, 1.165) is 6.42 Å². The average Bonchev–Trinajstić information content (AvgIpc) is 2.15. The molecule has 0 aromatic rings. The fourth-order valence-corrected chi connectivity index (χ4v) is 1.15. The van der Waals surface area contributed by atoms with Crippen molar-refractivity contribution in [3.05, 3.63) is 12.2 Å². The standard InChI is InChI=1S/C12H22O2/c1-6-10(4)11(5)7-8-14-12(13)9(2)3/h10-11H,2,6-8H2,1,3-5H3. The number of hydrogen-bond donors (Lipinski definition) is 0. The first kappa shape index (κ1) is 13.2. The van der Waals surface area contributed by atoms with Crippen LogP contribution in [0.4, 0.5) is 0 Å². The van der Waals surface area contributed by atoms with Gasteiger partial charge in [0.1, 0.15) is 0 Å². The second kappa shape index (κ2) is 6.63. The van der Waals surface area contributed by atoms with Crippen molar-refractivity contribution in [1.29, 1.82) is 0 Å². The largest absolute Gasteiger partial charge is 0.462 e. The molecule has 0 saturated carbocycles. The molecule has 2 atom stereocenters. The second-order valence-corrected chi connectivity index (χ2v) is 4.07. The molecule has 0 aromatic heterocycles. The smallest absolute Gasteiger partial charge is 0.333 e. The van der Waals surface area contributed by atoms with E-state index in [-0.39, 0.29) is 5.97 Å². The summed E-state index contributed by atoms with van der Waals surface area (Å²) in [6.07, 6.45) is 2.11. The fraction of sp³-hybridized carbons (Fsp3) is 0.750. The highest BCUT2D eigenvalue weighted by molar-refractivity contribution is 5.86. The monoisotopic (exact) mass is 198 g/mol. The van der Waals surface area contributed by atoms with Crippen LogP contribution in [0.25, 0.3) is 0 Å². The summed E-state index contributed by atoms with van der Waals surface area (Å²) in [5, 5.41) is 0. The lowest BCUT2D eigenvalue weighted by Crippen LogP contribution is -2.13. The van der Waals surface area contributed by atoms with Crippen LogP contribution in [0.3, 0.4) is 0 Å². The van der Waals surface area contributed by atoms with E-state index >= 15 is 0 Å². The zero-order chi connectivity index (χ0) is 11.1. The maximum absolute atomic E-state index is 11.0.